The summed E-state index contributed by atoms with van der Waals surface area (Å²) in [7, 11) is 0. The summed E-state index contributed by atoms with van der Waals surface area (Å²) in [6, 6.07) is 6.53. The predicted octanol–water partition coefficient (Wildman–Crippen LogP) is 3.86. The fourth-order valence-corrected chi connectivity index (χ4v) is 2.64. The van der Waals surface area contributed by atoms with Crippen LogP contribution in [-0.2, 0) is 9.47 Å². The summed E-state index contributed by atoms with van der Waals surface area (Å²) in [6.07, 6.45) is -1.15. The molecule has 1 aliphatic rings. The van der Waals surface area contributed by atoms with E-state index in [4.69, 9.17) is 14.2 Å². The maximum Gasteiger partial charge on any atom is 0.410 e. The van der Waals surface area contributed by atoms with E-state index in [0.717, 1.165) is 6.07 Å². The number of hydrogen-bond acceptors (Lipinski definition) is 6. The largest absolute Gasteiger partial charge is 0.444 e. The number of rotatable bonds is 3. The van der Waals surface area contributed by atoms with Crippen molar-refractivity contribution in [3.05, 3.63) is 47.7 Å². The lowest BCUT2D eigenvalue weighted by molar-refractivity contribution is -0.0444. The SMILES string of the molecule is CC(C)(C)OC(=O)N1CCOC(c2cc(Oc3ccc(F)nn3)ccc2F)C1. The van der Waals surface area contributed by atoms with Crippen LogP contribution in [0.1, 0.15) is 32.4 Å². The summed E-state index contributed by atoms with van der Waals surface area (Å²) in [5, 5.41) is 6.83. The standard InChI is InChI=1S/C19H21F2N3O4/c1-19(2,3)28-18(25)24-8-9-26-15(11-24)13-10-12(4-5-14(13)20)27-17-7-6-16(21)22-23-17/h4-7,10,15H,8-9,11H2,1-3H3. The highest BCUT2D eigenvalue weighted by Gasteiger charge is 2.30. The van der Waals surface area contributed by atoms with E-state index in [2.05, 4.69) is 10.2 Å². The average molecular weight is 393 g/mol. The van der Waals surface area contributed by atoms with E-state index < -0.39 is 29.6 Å². The smallest absolute Gasteiger partial charge is 0.410 e. The molecule has 9 heteroatoms. The monoisotopic (exact) mass is 393 g/mol. The van der Waals surface area contributed by atoms with Gasteiger partial charge in [0.2, 0.25) is 11.8 Å². The highest BCUT2D eigenvalue weighted by Crippen LogP contribution is 2.30. The molecule has 1 aromatic carbocycles. The fraction of sp³-hybridized carbons (Fsp3) is 0.421. The number of benzene rings is 1. The zero-order valence-corrected chi connectivity index (χ0v) is 15.8. The molecule has 7 nitrogen and oxygen atoms in total. The number of aromatic nitrogens is 2. The van der Waals surface area contributed by atoms with E-state index in [9.17, 15) is 13.6 Å². The lowest BCUT2D eigenvalue weighted by Gasteiger charge is -2.34. The number of carbonyl (C=O) groups excluding carboxylic acids is 1. The third-order valence-corrected chi connectivity index (χ3v) is 3.86. The van der Waals surface area contributed by atoms with Gasteiger partial charge in [-0.1, -0.05) is 0 Å². The van der Waals surface area contributed by atoms with Gasteiger partial charge in [0.15, 0.2) is 0 Å². The third kappa shape index (κ3) is 5.13. The van der Waals surface area contributed by atoms with E-state index in [1.165, 1.54) is 29.2 Å². The lowest BCUT2D eigenvalue weighted by atomic mass is 10.1. The zero-order valence-electron chi connectivity index (χ0n) is 15.8. The molecule has 28 heavy (non-hydrogen) atoms. The van der Waals surface area contributed by atoms with Crippen LogP contribution in [0, 0.1) is 11.8 Å². The molecule has 1 atom stereocenters. The summed E-state index contributed by atoms with van der Waals surface area (Å²) in [4.78, 5) is 13.8. The molecule has 2 aromatic rings. The number of amides is 1. The summed E-state index contributed by atoms with van der Waals surface area (Å²) < 4.78 is 43.8. The Balaban J connectivity index is 1.74. The Labute approximate surface area is 161 Å². The summed E-state index contributed by atoms with van der Waals surface area (Å²) in [6.45, 7) is 6.09. The predicted molar refractivity (Wildman–Crippen MR) is 95.0 cm³/mol. The normalized spacial score (nSPS) is 17.3. The molecule has 1 aromatic heterocycles. The van der Waals surface area contributed by atoms with E-state index in [1.807, 2.05) is 0 Å². The van der Waals surface area contributed by atoms with E-state index in [-0.39, 0.29) is 30.3 Å². The average Bonchev–Trinajstić information content (AvgIpc) is 2.64. The van der Waals surface area contributed by atoms with E-state index in [1.54, 1.807) is 20.8 Å². The maximum atomic E-state index is 14.4. The van der Waals surface area contributed by atoms with Gasteiger partial charge in [0.05, 0.1) is 13.2 Å². The fourth-order valence-electron chi connectivity index (χ4n) is 2.64. The molecule has 1 unspecified atom stereocenters. The van der Waals surface area contributed by atoms with Gasteiger partial charge in [-0.05, 0) is 39.0 Å². The molecule has 0 saturated carbocycles. The van der Waals surface area contributed by atoms with Gasteiger partial charge in [-0.25, -0.2) is 9.18 Å². The highest BCUT2D eigenvalue weighted by molar-refractivity contribution is 5.68. The third-order valence-electron chi connectivity index (χ3n) is 3.86. The molecule has 1 amide bonds. The van der Waals surface area contributed by atoms with Crippen molar-refractivity contribution in [3.8, 4) is 11.6 Å². The second-order valence-corrected chi connectivity index (χ2v) is 7.27. The summed E-state index contributed by atoms with van der Waals surface area (Å²) in [5.41, 5.74) is -0.388. The highest BCUT2D eigenvalue weighted by atomic mass is 19.1. The van der Waals surface area contributed by atoms with Gasteiger partial charge in [-0.15, -0.1) is 10.2 Å². The van der Waals surface area contributed by atoms with Crippen molar-refractivity contribution >= 4 is 6.09 Å². The molecule has 1 aliphatic heterocycles. The van der Waals surface area contributed by atoms with E-state index >= 15 is 0 Å². The van der Waals surface area contributed by atoms with Crippen LogP contribution >= 0.6 is 0 Å². The molecular formula is C19H21F2N3O4. The summed E-state index contributed by atoms with van der Waals surface area (Å²) in [5.74, 6) is -0.868. The Bertz CT molecular complexity index is 840. The molecule has 150 valence electrons. The van der Waals surface area contributed by atoms with Gasteiger partial charge in [0.25, 0.3) is 0 Å². The number of carbonyl (C=O) groups is 1. The Morgan fingerprint density at radius 3 is 2.68 bits per heavy atom. The Morgan fingerprint density at radius 1 is 1.21 bits per heavy atom. The molecule has 2 heterocycles. The van der Waals surface area contributed by atoms with Crippen LogP contribution in [0.4, 0.5) is 13.6 Å². The minimum absolute atomic E-state index is 0.0684. The van der Waals surface area contributed by atoms with Crippen molar-refractivity contribution in [1.29, 1.82) is 0 Å². The second kappa shape index (κ2) is 8.05. The minimum atomic E-state index is -0.731. The van der Waals surface area contributed by atoms with Gasteiger partial charge in [0.1, 0.15) is 23.3 Å². The molecular weight excluding hydrogens is 372 g/mol. The Kier molecular flexibility index (Phi) is 5.73. The van der Waals surface area contributed by atoms with Gasteiger partial charge in [0, 0.05) is 24.2 Å². The number of halogens is 2. The van der Waals surface area contributed by atoms with Crippen molar-refractivity contribution in [1.82, 2.24) is 15.1 Å². The maximum absolute atomic E-state index is 14.4. The molecule has 0 radical (unpaired) electrons. The zero-order chi connectivity index (χ0) is 20.3. The first-order chi connectivity index (χ1) is 13.2. The molecule has 0 spiro atoms. The van der Waals surface area contributed by atoms with Crippen LogP contribution in [0.3, 0.4) is 0 Å². The van der Waals surface area contributed by atoms with Crippen molar-refractivity contribution in [3.63, 3.8) is 0 Å². The van der Waals surface area contributed by atoms with E-state index in [0.29, 0.717) is 6.54 Å². The van der Waals surface area contributed by atoms with Crippen LogP contribution in [-0.4, -0.2) is 46.5 Å². The summed E-state index contributed by atoms with van der Waals surface area (Å²) >= 11 is 0. The lowest BCUT2D eigenvalue weighted by Crippen LogP contribution is -2.44. The minimum Gasteiger partial charge on any atom is -0.444 e. The van der Waals surface area contributed by atoms with Crippen molar-refractivity contribution < 1.29 is 27.8 Å². The number of hydrogen-bond donors (Lipinski definition) is 0. The molecule has 3 rings (SSSR count). The quantitative estimate of drug-likeness (QED) is 0.789. The number of ether oxygens (including phenoxy) is 3. The topological polar surface area (TPSA) is 73.8 Å². The first-order valence-electron chi connectivity index (χ1n) is 8.77. The second-order valence-electron chi connectivity index (χ2n) is 7.27. The van der Waals surface area contributed by atoms with Crippen molar-refractivity contribution in [2.75, 3.05) is 19.7 Å². The number of morpholine rings is 1. The first-order valence-corrected chi connectivity index (χ1v) is 8.77. The van der Waals surface area contributed by atoms with Gasteiger partial charge in [-0.3, -0.25) is 0 Å². The van der Waals surface area contributed by atoms with Gasteiger partial charge < -0.3 is 19.1 Å². The van der Waals surface area contributed by atoms with Gasteiger partial charge in [-0.2, -0.15) is 4.39 Å². The van der Waals surface area contributed by atoms with Crippen molar-refractivity contribution in [2.24, 2.45) is 0 Å². The van der Waals surface area contributed by atoms with Crippen LogP contribution in [0.15, 0.2) is 30.3 Å². The molecule has 0 aliphatic carbocycles. The van der Waals surface area contributed by atoms with Crippen LogP contribution in [0.5, 0.6) is 11.6 Å². The number of nitrogens with zero attached hydrogens (tertiary/aromatic N) is 3. The molecule has 0 bridgehead atoms. The van der Waals surface area contributed by atoms with Crippen molar-refractivity contribution in [2.45, 2.75) is 32.5 Å². The Hall–Kier alpha value is -2.81. The van der Waals surface area contributed by atoms with Crippen LogP contribution in [0.2, 0.25) is 0 Å². The first kappa shape index (κ1) is 19.9. The molecule has 1 fully saturated rings. The Morgan fingerprint density at radius 2 is 2.00 bits per heavy atom. The molecule has 0 N–H and O–H groups in total. The van der Waals surface area contributed by atoms with Gasteiger partial charge >= 0.3 is 6.09 Å². The van der Waals surface area contributed by atoms with Crippen LogP contribution < -0.4 is 4.74 Å². The van der Waals surface area contributed by atoms with Crippen LogP contribution in [0.25, 0.3) is 0 Å². The molecule has 1 saturated heterocycles.